The second kappa shape index (κ2) is 8.03. The van der Waals surface area contributed by atoms with Crippen molar-refractivity contribution in [2.75, 3.05) is 12.0 Å². The predicted octanol–water partition coefficient (Wildman–Crippen LogP) is -3.00. The lowest BCUT2D eigenvalue weighted by Crippen LogP contribution is -3.00. The molecule has 0 bridgehead atoms. The third-order valence-corrected chi connectivity index (χ3v) is 1.58. The molecule has 5 nitrogen and oxygen atoms in total. The summed E-state index contributed by atoms with van der Waals surface area (Å²) in [5, 5.41) is 0. The number of carbonyl (C=O) groups excluding carboxylic acids is 2. The Labute approximate surface area is 111 Å². The zero-order chi connectivity index (χ0) is 11.1. The summed E-state index contributed by atoms with van der Waals surface area (Å²) in [6, 6.07) is 5.36. The molecule has 1 N–H and O–H groups in total. The van der Waals surface area contributed by atoms with Crippen molar-refractivity contribution >= 4 is 11.9 Å². The SMILES string of the molecule is CCOC(=O)CC(=O)N[n+]1ccccc1.[I-]. The van der Waals surface area contributed by atoms with Crippen LogP contribution in [0, 0.1) is 0 Å². The molecule has 0 aromatic carbocycles. The van der Waals surface area contributed by atoms with Crippen LogP contribution in [-0.4, -0.2) is 18.5 Å². The van der Waals surface area contributed by atoms with Crippen molar-refractivity contribution < 1.29 is 43.0 Å². The Morgan fingerprint density at radius 2 is 1.88 bits per heavy atom. The summed E-state index contributed by atoms with van der Waals surface area (Å²) < 4.78 is 6.11. The molecular weight excluding hydrogens is 323 g/mol. The average molecular weight is 336 g/mol. The van der Waals surface area contributed by atoms with E-state index in [1.54, 1.807) is 31.5 Å². The van der Waals surface area contributed by atoms with E-state index in [1.165, 1.54) is 4.68 Å². The van der Waals surface area contributed by atoms with Gasteiger partial charge < -0.3 is 28.7 Å². The van der Waals surface area contributed by atoms with Crippen LogP contribution in [0.4, 0.5) is 0 Å². The van der Waals surface area contributed by atoms with Crippen LogP contribution in [0.3, 0.4) is 0 Å². The van der Waals surface area contributed by atoms with E-state index in [0.717, 1.165) is 0 Å². The van der Waals surface area contributed by atoms with Gasteiger partial charge in [-0.05, 0) is 6.92 Å². The summed E-state index contributed by atoms with van der Waals surface area (Å²) >= 11 is 0. The van der Waals surface area contributed by atoms with Crippen molar-refractivity contribution in [2.45, 2.75) is 13.3 Å². The van der Waals surface area contributed by atoms with E-state index in [9.17, 15) is 9.59 Å². The molecule has 0 spiro atoms. The molecule has 0 aliphatic carbocycles. The number of amides is 1. The molecule has 0 atom stereocenters. The summed E-state index contributed by atoms with van der Waals surface area (Å²) in [5.74, 6) is -0.920. The molecule has 1 rings (SSSR count). The largest absolute Gasteiger partial charge is 1.00 e. The molecule has 16 heavy (non-hydrogen) atoms. The van der Waals surface area contributed by atoms with Crippen LogP contribution in [0.2, 0.25) is 0 Å². The Hall–Kier alpha value is -1.18. The quantitative estimate of drug-likeness (QED) is 0.276. The smallest absolute Gasteiger partial charge is 0.315 e. The van der Waals surface area contributed by atoms with Gasteiger partial charge in [0.1, 0.15) is 6.42 Å². The van der Waals surface area contributed by atoms with Crippen molar-refractivity contribution in [3.05, 3.63) is 30.6 Å². The van der Waals surface area contributed by atoms with Crippen LogP contribution in [0.25, 0.3) is 0 Å². The Bertz CT molecular complexity index is 343. The fraction of sp³-hybridized carbons (Fsp3) is 0.300. The number of nitrogens with zero attached hydrogens (tertiary/aromatic N) is 1. The number of aromatic nitrogens is 1. The number of hydrogen-bond donors (Lipinski definition) is 1. The lowest BCUT2D eigenvalue weighted by molar-refractivity contribution is -0.642. The normalized spacial score (nSPS) is 8.81. The van der Waals surface area contributed by atoms with Gasteiger partial charge in [-0.2, -0.15) is 0 Å². The zero-order valence-electron chi connectivity index (χ0n) is 8.85. The van der Waals surface area contributed by atoms with Crippen LogP contribution >= 0.6 is 0 Å². The van der Waals surface area contributed by atoms with Gasteiger partial charge in [0, 0.05) is 12.1 Å². The fourth-order valence-electron chi connectivity index (χ4n) is 1.000. The summed E-state index contributed by atoms with van der Waals surface area (Å²) in [6.45, 7) is 1.98. The van der Waals surface area contributed by atoms with Gasteiger partial charge in [-0.1, -0.05) is 10.7 Å². The van der Waals surface area contributed by atoms with Crippen molar-refractivity contribution in [2.24, 2.45) is 0 Å². The molecule has 1 heterocycles. The van der Waals surface area contributed by atoms with Crippen LogP contribution in [-0.2, 0) is 14.3 Å². The van der Waals surface area contributed by atoms with E-state index in [1.807, 2.05) is 6.07 Å². The van der Waals surface area contributed by atoms with Gasteiger partial charge in [0.15, 0.2) is 12.4 Å². The number of ether oxygens (including phenoxy) is 1. The molecule has 1 aromatic rings. The molecule has 0 unspecified atom stereocenters. The zero-order valence-corrected chi connectivity index (χ0v) is 11.0. The van der Waals surface area contributed by atoms with Crippen molar-refractivity contribution in [3.8, 4) is 0 Å². The Morgan fingerprint density at radius 3 is 2.44 bits per heavy atom. The van der Waals surface area contributed by atoms with E-state index in [4.69, 9.17) is 0 Å². The highest BCUT2D eigenvalue weighted by Gasteiger charge is 2.13. The Morgan fingerprint density at radius 1 is 1.25 bits per heavy atom. The molecular formula is C10H13IN2O3. The molecule has 1 aromatic heterocycles. The Balaban J connectivity index is 0.00000225. The van der Waals surface area contributed by atoms with Gasteiger partial charge in [0.2, 0.25) is 0 Å². The van der Waals surface area contributed by atoms with E-state index in [2.05, 4.69) is 10.2 Å². The maximum absolute atomic E-state index is 11.3. The summed E-state index contributed by atoms with van der Waals surface area (Å²) in [7, 11) is 0. The molecule has 0 aliphatic rings. The number of nitrogens with one attached hydrogen (secondary N) is 1. The molecule has 0 radical (unpaired) electrons. The maximum atomic E-state index is 11.3. The fourth-order valence-corrected chi connectivity index (χ4v) is 1.000. The molecule has 0 fully saturated rings. The topological polar surface area (TPSA) is 59.3 Å². The van der Waals surface area contributed by atoms with Crippen LogP contribution < -0.4 is 34.1 Å². The van der Waals surface area contributed by atoms with Gasteiger partial charge in [-0.15, -0.1) is 5.43 Å². The van der Waals surface area contributed by atoms with Crippen molar-refractivity contribution in [1.29, 1.82) is 0 Å². The molecule has 1 amide bonds. The highest BCUT2D eigenvalue weighted by atomic mass is 127. The lowest BCUT2D eigenvalue weighted by Gasteiger charge is -2.00. The first-order chi connectivity index (χ1) is 7.22. The lowest BCUT2D eigenvalue weighted by atomic mass is 10.4. The number of hydrogen-bond acceptors (Lipinski definition) is 3. The third kappa shape index (κ3) is 5.64. The van der Waals surface area contributed by atoms with Gasteiger partial charge in [0.25, 0.3) is 5.91 Å². The van der Waals surface area contributed by atoms with Crippen LogP contribution in [0.15, 0.2) is 30.6 Å². The molecule has 0 aliphatic heterocycles. The second-order valence-corrected chi connectivity index (χ2v) is 2.80. The highest BCUT2D eigenvalue weighted by Crippen LogP contribution is 1.86. The summed E-state index contributed by atoms with van der Waals surface area (Å²) in [6.07, 6.45) is 3.07. The standard InChI is InChI=1S/C10H12N2O3.HI/c1-2-15-10(14)8-9(13)11-12-6-4-3-5-7-12;/h3-7H,2,8H2,1H3;1H. The van der Waals surface area contributed by atoms with E-state index in [-0.39, 0.29) is 37.0 Å². The highest BCUT2D eigenvalue weighted by molar-refractivity contribution is 5.97. The van der Waals surface area contributed by atoms with Crippen molar-refractivity contribution in [3.63, 3.8) is 0 Å². The predicted molar refractivity (Wildman–Crippen MR) is 52.3 cm³/mol. The summed E-state index contributed by atoms with van der Waals surface area (Å²) in [4.78, 5) is 22.2. The minimum absolute atomic E-state index is 0. The number of halogens is 1. The number of carbonyl (C=O) groups is 2. The van der Waals surface area contributed by atoms with Crippen molar-refractivity contribution in [1.82, 2.24) is 0 Å². The Kier molecular flexibility index (Phi) is 7.44. The van der Waals surface area contributed by atoms with Gasteiger partial charge in [-0.25, -0.2) is 0 Å². The minimum Gasteiger partial charge on any atom is -1.00 e. The minimum atomic E-state index is -0.522. The van der Waals surface area contributed by atoms with E-state index in [0.29, 0.717) is 0 Å². The first kappa shape index (κ1) is 14.8. The third-order valence-electron chi connectivity index (χ3n) is 1.58. The number of pyridine rings is 1. The van der Waals surface area contributed by atoms with Gasteiger partial charge in [0.05, 0.1) is 6.61 Å². The van der Waals surface area contributed by atoms with E-state index < -0.39 is 11.9 Å². The molecule has 6 heteroatoms. The average Bonchev–Trinajstić information content (AvgIpc) is 2.19. The number of rotatable bonds is 4. The van der Waals surface area contributed by atoms with E-state index >= 15 is 0 Å². The van der Waals surface area contributed by atoms with Gasteiger partial charge >= 0.3 is 5.97 Å². The van der Waals surface area contributed by atoms with Crippen LogP contribution in [0.1, 0.15) is 13.3 Å². The molecule has 88 valence electrons. The monoisotopic (exact) mass is 336 g/mol. The maximum Gasteiger partial charge on any atom is 0.315 e. The van der Waals surface area contributed by atoms with Gasteiger partial charge in [-0.3, -0.25) is 9.59 Å². The molecule has 0 saturated heterocycles. The molecule has 0 saturated carbocycles. The first-order valence-electron chi connectivity index (χ1n) is 4.64. The summed E-state index contributed by atoms with van der Waals surface area (Å²) in [5.41, 5.74) is 2.51. The second-order valence-electron chi connectivity index (χ2n) is 2.80. The number of esters is 1. The first-order valence-corrected chi connectivity index (χ1v) is 4.64. The van der Waals surface area contributed by atoms with Crippen LogP contribution in [0.5, 0.6) is 0 Å².